The van der Waals surface area contributed by atoms with Crippen LogP contribution in [0, 0.1) is 0 Å². The zero-order chi connectivity index (χ0) is 27.3. The van der Waals surface area contributed by atoms with Crippen LogP contribution in [-0.2, 0) is 5.41 Å². The van der Waals surface area contributed by atoms with Crippen LogP contribution < -0.4 is 0 Å². The Labute approximate surface area is 234 Å². The van der Waals surface area contributed by atoms with Crippen molar-refractivity contribution < 1.29 is 0 Å². The molecule has 0 amide bonds. The zero-order valence-corrected chi connectivity index (χ0v) is 22.9. The predicted molar refractivity (Wildman–Crippen MR) is 165 cm³/mol. The maximum Gasteiger partial charge on any atom is 0.168 e. The zero-order valence-electron chi connectivity index (χ0n) is 22.9. The van der Waals surface area contributed by atoms with Gasteiger partial charge >= 0.3 is 0 Å². The van der Waals surface area contributed by atoms with Crippen LogP contribution in [0.4, 0.5) is 0 Å². The van der Waals surface area contributed by atoms with Gasteiger partial charge in [-0.15, -0.1) is 10.2 Å². The second kappa shape index (κ2) is 9.35. The number of hydrogen-bond donors (Lipinski definition) is 0. The van der Waals surface area contributed by atoms with E-state index in [1.165, 1.54) is 27.4 Å². The molecular formula is C36H30N4. The van der Waals surface area contributed by atoms with E-state index >= 15 is 0 Å². The van der Waals surface area contributed by atoms with Gasteiger partial charge < -0.3 is 4.57 Å². The number of fused-ring (bicyclic) bond motifs is 3. The highest BCUT2D eigenvalue weighted by atomic mass is 15.3. The molecule has 0 unspecified atom stereocenters. The van der Waals surface area contributed by atoms with Crippen LogP contribution in [0.15, 0.2) is 127 Å². The average Bonchev–Trinajstić information content (AvgIpc) is 3.58. The van der Waals surface area contributed by atoms with E-state index in [2.05, 4.69) is 144 Å². The third-order valence-corrected chi connectivity index (χ3v) is 7.65. The highest BCUT2D eigenvalue weighted by molar-refractivity contribution is 6.09. The first-order valence-electron chi connectivity index (χ1n) is 13.7. The SMILES string of the molecule is CC(C)(C)c1ccc(-n2c(-c3ccccc3)nnc2-c2ccc(-n3c4ccccc4c4ccccc43)cc2)cc1. The van der Waals surface area contributed by atoms with Crippen molar-refractivity contribution in [3.05, 3.63) is 133 Å². The number of para-hydroxylation sites is 2. The summed E-state index contributed by atoms with van der Waals surface area (Å²) in [5.74, 6) is 1.64. The first-order valence-corrected chi connectivity index (χ1v) is 13.7. The second-order valence-corrected chi connectivity index (χ2v) is 11.3. The molecular weight excluding hydrogens is 488 g/mol. The molecule has 40 heavy (non-hydrogen) atoms. The van der Waals surface area contributed by atoms with E-state index in [4.69, 9.17) is 5.10 Å². The summed E-state index contributed by atoms with van der Waals surface area (Å²) in [7, 11) is 0. The molecule has 194 valence electrons. The fraction of sp³-hybridized carbons (Fsp3) is 0.111. The summed E-state index contributed by atoms with van der Waals surface area (Å²) in [5, 5.41) is 11.9. The molecule has 0 bridgehead atoms. The van der Waals surface area contributed by atoms with Crippen molar-refractivity contribution in [2.45, 2.75) is 26.2 Å². The molecule has 0 aliphatic heterocycles. The molecule has 0 saturated carbocycles. The monoisotopic (exact) mass is 518 g/mol. The van der Waals surface area contributed by atoms with Crippen LogP contribution in [0.1, 0.15) is 26.3 Å². The average molecular weight is 519 g/mol. The summed E-state index contributed by atoms with van der Waals surface area (Å²) in [5.41, 5.74) is 7.97. The number of nitrogens with zero attached hydrogens (tertiary/aromatic N) is 4. The van der Waals surface area contributed by atoms with Crippen molar-refractivity contribution in [2.75, 3.05) is 0 Å². The molecule has 4 heteroatoms. The normalized spacial score (nSPS) is 11.9. The summed E-state index contributed by atoms with van der Waals surface area (Å²) < 4.78 is 4.50. The Kier molecular flexibility index (Phi) is 5.64. The van der Waals surface area contributed by atoms with Gasteiger partial charge in [-0.25, -0.2) is 0 Å². The Morgan fingerprint density at radius 1 is 0.450 bits per heavy atom. The largest absolute Gasteiger partial charge is 0.309 e. The van der Waals surface area contributed by atoms with Crippen molar-refractivity contribution in [1.82, 2.24) is 19.3 Å². The minimum absolute atomic E-state index is 0.0828. The lowest BCUT2D eigenvalue weighted by molar-refractivity contribution is 0.590. The van der Waals surface area contributed by atoms with Crippen molar-refractivity contribution in [1.29, 1.82) is 0 Å². The fourth-order valence-corrected chi connectivity index (χ4v) is 5.56. The lowest BCUT2D eigenvalue weighted by Crippen LogP contribution is -2.11. The summed E-state index contributed by atoms with van der Waals surface area (Å²) in [6, 6.07) is 44.9. The molecule has 5 aromatic carbocycles. The number of benzene rings is 5. The topological polar surface area (TPSA) is 35.6 Å². The van der Waals surface area contributed by atoms with Crippen LogP contribution >= 0.6 is 0 Å². The van der Waals surface area contributed by atoms with Crippen molar-refractivity contribution in [3.63, 3.8) is 0 Å². The number of hydrogen-bond acceptors (Lipinski definition) is 2. The standard InChI is InChI=1S/C36H30N4/c1-36(2,3)27-19-23-29(24-20-27)40-34(25-11-5-4-6-12-25)37-38-35(40)26-17-21-28(22-18-26)39-32-15-9-7-13-30(32)31-14-8-10-16-33(31)39/h4-24H,1-3H3. The van der Waals surface area contributed by atoms with Gasteiger partial charge in [0.2, 0.25) is 0 Å². The van der Waals surface area contributed by atoms with Gasteiger partial charge in [-0.1, -0.05) is 99.6 Å². The lowest BCUT2D eigenvalue weighted by atomic mass is 9.87. The fourth-order valence-electron chi connectivity index (χ4n) is 5.56. The van der Waals surface area contributed by atoms with E-state index in [0.717, 1.165) is 34.2 Å². The van der Waals surface area contributed by atoms with Crippen LogP contribution in [0.2, 0.25) is 0 Å². The number of rotatable bonds is 4. The van der Waals surface area contributed by atoms with Crippen molar-refractivity contribution in [2.24, 2.45) is 0 Å². The molecule has 0 fully saturated rings. The quantitative estimate of drug-likeness (QED) is 0.233. The van der Waals surface area contributed by atoms with Crippen LogP contribution in [0.25, 0.3) is 56.0 Å². The Morgan fingerprint density at radius 2 is 0.900 bits per heavy atom. The summed E-state index contributed by atoms with van der Waals surface area (Å²) >= 11 is 0. The van der Waals surface area contributed by atoms with Crippen molar-refractivity contribution in [3.8, 4) is 34.2 Å². The van der Waals surface area contributed by atoms with Gasteiger partial charge in [-0.05, 0) is 59.5 Å². The highest BCUT2D eigenvalue weighted by Crippen LogP contribution is 2.34. The summed E-state index contributed by atoms with van der Waals surface area (Å²) in [4.78, 5) is 0. The molecule has 4 nitrogen and oxygen atoms in total. The van der Waals surface area contributed by atoms with Crippen LogP contribution in [0.5, 0.6) is 0 Å². The first-order chi connectivity index (χ1) is 19.5. The molecule has 0 saturated heterocycles. The van der Waals surface area contributed by atoms with Gasteiger partial charge in [0.05, 0.1) is 11.0 Å². The summed E-state index contributed by atoms with van der Waals surface area (Å²) in [6.07, 6.45) is 0. The molecule has 2 heterocycles. The van der Waals surface area contributed by atoms with Gasteiger partial charge in [0, 0.05) is 33.3 Å². The molecule has 0 aliphatic rings. The van der Waals surface area contributed by atoms with E-state index in [1.54, 1.807) is 0 Å². The molecule has 0 N–H and O–H groups in total. The maximum atomic E-state index is 4.71. The maximum absolute atomic E-state index is 4.71. The van der Waals surface area contributed by atoms with E-state index < -0.39 is 0 Å². The third kappa shape index (κ3) is 4.00. The minimum atomic E-state index is 0.0828. The van der Waals surface area contributed by atoms with E-state index in [-0.39, 0.29) is 5.41 Å². The second-order valence-electron chi connectivity index (χ2n) is 11.3. The lowest BCUT2D eigenvalue weighted by Gasteiger charge is -2.20. The number of aromatic nitrogens is 4. The molecule has 0 atom stereocenters. The smallest absolute Gasteiger partial charge is 0.168 e. The molecule has 0 spiro atoms. The molecule has 2 aromatic heterocycles. The van der Waals surface area contributed by atoms with Crippen LogP contribution in [-0.4, -0.2) is 19.3 Å². The highest BCUT2D eigenvalue weighted by Gasteiger charge is 2.19. The molecule has 0 aliphatic carbocycles. The van der Waals surface area contributed by atoms with Gasteiger partial charge in [-0.2, -0.15) is 0 Å². The van der Waals surface area contributed by atoms with Gasteiger partial charge in [-0.3, -0.25) is 4.57 Å². The van der Waals surface area contributed by atoms with Gasteiger partial charge in [0.15, 0.2) is 11.6 Å². The molecule has 7 aromatic rings. The van der Waals surface area contributed by atoms with E-state index in [0.29, 0.717) is 0 Å². The Morgan fingerprint density at radius 3 is 1.45 bits per heavy atom. The van der Waals surface area contributed by atoms with Gasteiger partial charge in [0.25, 0.3) is 0 Å². The summed E-state index contributed by atoms with van der Waals surface area (Å²) in [6.45, 7) is 6.71. The predicted octanol–water partition coefficient (Wildman–Crippen LogP) is 9.00. The van der Waals surface area contributed by atoms with E-state index in [9.17, 15) is 0 Å². The third-order valence-electron chi connectivity index (χ3n) is 7.65. The molecule has 7 rings (SSSR count). The van der Waals surface area contributed by atoms with E-state index in [1.807, 2.05) is 18.2 Å². The van der Waals surface area contributed by atoms with Crippen molar-refractivity contribution >= 4 is 21.8 Å². The molecule has 0 radical (unpaired) electrons. The minimum Gasteiger partial charge on any atom is -0.309 e. The van der Waals surface area contributed by atoms with Crippen LogP contribution in [0.3, 0.4) is 0 Å². The Balaban J connectivity index is 1.37. The first kappa shape index (κ1) is 24.1. The Bertz CT molecular complexity index is 1900. The van der Waals surface area contributed by atoms with Gasteiger partial charge in [0.1, 0.15) is 0 Å². The Hall–Kier alpha value is -4.96.